The Morgan fingerprint density at radius 2 is 1.45 bits per heavy atom. The van der Waals surface area contributed by atoms with E-state index in [1.165, 1.54) is 18.2 Å². The van der Waals surface area contributed by atoms with Crippen molar-refractivity contribution in [2.24, 2.45) is 0 Å². The van der Waals surface area contributed by atoms with Gasteiger partial charge in [0.15, 0.2) is 0 Å². The molecule has 0 unspecified atom stereocenters. The number of hydrogen-bond donors (Lipinski definition) is 3. The molecule has 0 saturated carbocycles. The first-order chi connectivity index (χ1) is 18.8. The van der Waals surface area contributed by atoms with E-state index in [1.807, 2.05) is 5.32 Å². The van der Waals surface area contributed by atoms with Crippen molar-refractivity contribution in [3.8, 4) is 0 Å². The summed E-state index contributed by atoms with van der Waals surface area (Å²) in [7, 11) is 0. The molecule has 0 bridgehead atoms. The van der Waals surface area contributed by atoms with Crippen LogP contribution in [0.5, 0.6) is 0 Å². The van der Waals surface area contributed by atoms with Crippen LogP contribution < -0.4 is 20.9 Å². The molecule has 212 valence electrons. The number of morpholine rings is 1. The van der Waals surface area contributed by atoms with Crippen LogP contribution in [-0.4, -0.2) is 38.2 Å². The molecule has 0 aromatic heterocycles. The van der Waals surface area contributed by atoms with Crippen molar-refractivity contribution in [3.05, 3.63) is 83.2 Å². The summed E-state index contributed by atoms with van der Waals surface area (Å²) in [5, 5.41) is 6.36. The number of benzene rings is 3. The predicted molar refractivity (Wildman–Crippen MR) is 133 cm³/mol. The van der Waals surface area contributed by atoms with Gasteiger partial charge in [-0.15, -0.1) is 0 Å². The fourth-order valence-corrected chi connectivity index (χ4v) is 3.95. The highest BCUT2D eigenvalue weighted by Crippen LogP contribution is 2.37. The smallest absolute Gasteiger partial charge is 0.378 e. The van der Waals surface area contributed by atoms with Crippen molar-refractivity contribution in [2.45, 2.75) is 12.4 Å². The van der Waals surface area contributed by atoms with Gasteiger partial charge in [0.1, 0.15) is 5.82 Å². The Bertz CT molecular complexity index is 1400. The van der Waals surface area contributed by atoms with Crippen LogP contribution in [0.2, 0.25) is 0 Å². The van der Waals surface area contributed by atoms with Crippen LogP contribution in [0.1, 0.15) is 21.5 Å². The Labute approximate surface area is 222 Å². The molecule has 1 aliphatic rings. The van der Waals surface area contributed by atoms with Crippen LogP contribution in [0.15, 0.2) is 60.7 Å². The fraction of sp³-hybridized carbons (Fsp3) is 0.231. The number of ether oxygens (including phenoxy) is 1. The number of anilines is 4. The van der Waals surface area contributed by atoms with Gasteiger partial charge in [-0.05, 0) is 48.5 Å². The summed E-state index contributed by atoms with van der Waals surface area (Å²) in [6.07, 6.45) is -9.71. The maximum atomic E-state index is 13.9. The van der Waals surface area contributed by atoms with Crippen molar-refractivity contribution in [1.82, 2.24) is 0 Å². The highest BCUT2D eigenvalue weighted by atomic mass is 19.4. The molecule has 3 amide bonds. The summed E-state index contributed by atoms with van der Waals surface area (Å²) >= 11 is 0. The van der Waals surface area contributed by atoms with Gasteiger partial charge in [0, 0.05) is 30.2 Å². The molecule has 14 heteroatoms. The van der Waals surface area contributed by atoms with Crippen molar-refractivity contribution in [2.75, 3.05) is 47.2 Å². The standard InChI is InChI=1S/C26H21F7N4O3/c27-21-4-2-1-3-19(21)23(38)36-22-6-5-16(14-20(22)26(31,32)33)34-24(39)35-17-11-15(25(28,29)30)12-18(13-17)37-7-9-40-10-8-37/h1-6,11-14H,7-10H2,(H,36,38)(H2,34,35,39). The molecule has 1 aliphatic heterocycles. The van der Waals surface area contributed by atoms with E-state index in [2.05, 4.69) is 10.6 Å². The molecule has 0 atom stereocenters. The van der Waals surface area contributed by atoms with Gasteiger partial charge >= 0.3 is 18.4 Å². The number of urea groups is 1. The summed E-state index contributed by atoms with van der Waals surface area (Å²) in [4.78, 5) is 26.5. The molecule has 4 rings (SSSR count). The van der Waals surface area contributed by atoms with Gasteiger partial charge in [-0.25, -0.2) is 9.18 Å². The molecule has 0 radical (unpaired) electrons. The van der Waals surface area contributed by atoms with Gasteiger partial charge < -0.3 is 25.6 Å². The average molecular weight is 570 g/mol. The lowest BCUT2D eigenvalue weighted by atomic mass is 10.1. The Morgan fingerprint density at radius 3 is 2.10 bits per heavy atom. The van der Waals surface area contributed by atoms with Crippen molar-refractivity contribution < 1.29 is 45.1 Å². The van der Waals surface area contributed by atoms with E-state index >= 15 is 0 Å². The third-order valence-electron chi connectivity index (χ3n) is 5.83. The Balaban J connectivity index is 1.54. The Hall–Kier alpha value is -4.33. The summed E-state index contributed by atoms with van der Waals surface area (Å²) in [5.74, 6) is -2.06. The molecular weight excluding hydrogens is 549 g/mol. The van der Waals surface area contributed by atoms with E-state index in [4.69, 9.17) is 4.74 Å². The van der Waals surface area contributed by atoms with Crippen molar-refractivity contribution in [3.63, 3.8) is 0 Å². The van der Waals surface area contributed by atoms with Gasteiger partial charge in [-0.1, -0.05) is 12.1 Å². The average Bonchev–Trinajstić information content (AvgIpc) is 2.89. The third-order valence-corrected chi connectivity index (χ3v) is 5.83. The normalized spacial score (nSPS) is 14.0. The van der Waals surface area contributed by atoms with Crippen LogP contribution in [0.3, 0.4) is 0 Å². The zero-order valence-corrected chi connectivity index (χ0v) is 20.4. The topological polar surface area (TPSA) is 82.7 Å². The maximum Gasteiger partial charge on any atom is 0.418 e. The number of amides is 3. The van der Waals surface area contributed by atoms with E-state index < -0.39 is 52.5 Å². The van der Waals surface area contributed by atoms with E-state index in [0.29, 0.717) is 38.4 Å². The molecule has 3 aromatic carbocycles. The van der Waals surface area contributed by atoms with Crippen LogP contribution in [-0.2, 0) is 17.1 Å². The number of rotatable bonds is 5. The van der Waals surface area contributed by atoms with E-state index in [0.717, 1.165) is 30.3 Å². The minimum Gasteiger partial charge on any atom is -0.378 e. The molecule has 0 aliphatic carbocycles. The number of nitrogens with one attached hydrogen (secondary N) is 3. The lowest BCUT2D eigenvalue weighted by Gasteiger charge is -2.29. The monoisotopic (exact) mass is 570 g/mol. The van der Waals surface area contributed by atoms with Crippen LogP contribution in [0.4, 0.5) is 58.3 Å². The zero-order chi connectivity index (χ0) is 29.1. The number of carbonyl (C=O) groups excluding carboxylic acids is 2. The van der Waals surface area contributed by atoms with E-state index in [1.54, 1.807) is 4.90 Å². The van der Waals surface area contributed by atoms with Gasteiger partial charge in [-0.2, -0.15) is 26.3 Å². The predicted octanol–water partition coefficient (Wildman–Crippen LogP) is 6.60. The summed E-state index contributed by atoms with van der Waals surface area (Å²) < 4.78 is 101. The van der Waals surface area contributed by atoms with Crippen molar-refractivity contribution in [1.29, 1.82) is 0 Å². The number of hydrogen-bond acceptors (Lipinski definition) is 4. The second-order valence-corrected chi connectivity index (χ2v) is 8.64. The van der Waals surface area contributed by atoms with Gasteiger partial charge in [0.05, 0.1) is 35.6 Å². The lowest BCUT2D eigenvalue weighted by Crippen LogP contribution is -2.36. The first kappa shape index (κ1) is 28.7. The number of nitrogens with zero attached hydrogens (tertiary/aromatic N) is 1. The Morgan fingerprint density at radius 1 is 0.775 bits per heavy atom. The minimum atomic E-state index is -4.99. The van der Waals surface area contributed by atoms with Gasteiger partial charge in [0.25, 0.3) is 5.91 Å². The highest BCUT2D eigenvalue weighted by Gasteiger charge is 2.35. The van der Waals surface area contributed by atoms with Crippen molar-refractivity contribution >= 4 is 34.7 Å². The maximum absolute atomic E-state index is 13.9. The van der Waals surface area contributed by atoms with Crippen LogP contribution >= 0.6 is 0 Å². The molecule has 3 aromatic rings. The molecule has 0 spiro atoms. The van der Waals surface area contributed by atoms with Crippen LogP contribution in [0.25, 0.3) is 0 Å². The SMILES string of the molecule is O=C(Nc1cc(N2CCOCC2)cc(C(F)(F)F)c1)Nc1ccc(NC(=O)c2ccccc2F)c(C(F)(F)F)c1. The van der Waals surface area contributed by atoms with Crippen LogP contribution in [0, 0.1) is 5.82 Å². The molecule has 7 nitrogen and oxygen atoms in total. The molecular formula is C26H21F7N4O3. The van der Waals surface area contributed by atoms with E-state index in [-0.39, 0.29) is 17.1 Å². The largest absolute Gasteiger partial charge is 0.418 e. The molecule has 1 fully saturated rings. The summed E-state index contributed by atoms with van der Waals surface area (Å²) in [6.45, 7) is 1.26. The number of alkyl halides is 6. The second kappa shape index (κ2) is 11.4. The summed E-state index contributed by atoms with van der Waals surface area (Å²) in [5.41, 5.74) is -3.96. The van der Waals surface area contributed by atoms with E-state index in [9.17, 15) is 40.3 Å². The minimum absolute atomic E-state index is 0.183. The Kier molecular flexibility index (Phi) is 8.18. The quantitative estimate of drug-likeness (QED) is 0.302. The third kappa shape index (κ3) is 7.00. The van der Waals surface area contributed by atoms with Gasteiger partial charge in [0.2, 0.25) is 0 Å². The zero-order valence-electron chi connectivity index (χ0n) is 20.4. The lowest BCUT2D eigenvalue weighted by molar-refractivity contribution is -0.138. The molecule has 40 heavy (non-hydrogen) atoms. The molecule has 1 saturated heterocycles. The number of halogens is 7. The molecule has 1 heterocycles. The van der Waals surface area contributed by atoms with Gasteiger partial charge in [-0.3, -0.25) is 4.79 Å². The second-order valence-electron chi connectivity index (χ2n) is 8.64. The molecule has 3 N–H and O–H groups in total. The number of carbonyl (C=O) groups is 2. The fourth-order valence-electron chi connectivity index (χ4n) is 3.95. The first-order valence-corrected chi connectivity index (χ1v) is 11.7. The highest BCUT2D eigenvalue weighted by molar-refractivity contribution is 6.05. The first-order valence-electron chi connectivity index (χ1n) is 11.7. The summed E-state index contributed by atoms with van der Waals surface area (Å²) in [6, 6.07) is 8.97.